The van der Waals surface area contributed by atoms with Crippen LogP contribution in [0.2, 0.25) is 0 Å². The topological polar surface area (TPSA) is 0 Å². The standard InChI is InChI=1S/C74H68/c1-45-29-13-21-37-53(45)61-62(54-38-22-14-30-46(54)2)66(58-42-26-18-34-50(58)6)70-69(65(61)57-41-25-17-33-49(57)5)73(9,10)71-67(59-43-27-19-35-51(59)7)63(55-39-23-15-31-47(55)3)64(56-40-24-16-32-48(56)4)68(72(71)74(70,11)12)60-44-28-20-36-52(60)8/h13-44H,1-12H3. The van der Waals surface area contributed by atoms with Gasteiger partial charge in [0.2, 0.25) is 0 Å². The molecular weight excluding hydrogens is 889 g/mol. The Morgan fingerprint density at radius 2 is 0.297 bits per heavy atom. The molecule has 0 heteroatoms. The summed E-state index contributed by atoms with van der Waals surface area (Å²) >= 11 is 0. The fourth-order valence-corrected chi connectivity index (χ4v) is 13.2. The van der Waals surface area contributed by atoms with Crippen LogP contribution in [0, 0.1) is 55.4 Å². The van der Waals surface area contributed by atoms with Gasteiger partial charge in [-0.25, -0.2) is 0 Å². The molecule has 10 aromatic rings. The highest BCUT2D eigenvalue weighted by atomic mass is 14.5. The number of aryl methyl sites for hydroxylation is 8. The van der Waals surface area contributed by atoms with Crippen molar-refractivity contribution in [1.82, 2.24) is 0 Å². The van der Waals surface area contributed by atoms with Crippen molar-refractivity contribution in [3.05, 3.63) is 261 Å². The van der Waals surface area contributed by atoms with E-state index in [2.05, 4.69) is 277 Å². The lowest BCUT2D eigenvalue weighted by Gasteiger charge is -2.50. The van der Waals surface area contributed by atoms with E-state index < -0.39 is 10.8 Å². The van der Waals surface area contributed by atoms with E-state index >= 15 is 0 Å². The van der Waals surface area contributed by atoms with E-state index in [9.17, 15) is 0 Å². The van der Waals surface area contributed by atoms with Gasteiger partial charge in [-0.1, -0.05) is 222 Å². The highest BCUT2D eigenvalue weighted by molar-refractivity contribution is 6.12. The summed E-state index contributed by atoms with van der Waals surface area (Å²) < 4.78 is 0. The molecule has 0 nitrogen and oxygen atoms in total. The molecule has 1 aliphatic rings. The second-order valence-electron chi connectivity index (χ2n) is 22.3. The zero-order chi connectivity index (χ0) is 51.8. The van der Waals surface area contributed by atoms with Gasteiger partial charge >= 0.3 is 0 Å². The van der Waals surface area contributed by atoms with Crippen molar-refractivity contribution in [3.8, 4) is 89.0 Å². The average Bonchev–Trinajstić information content (AvgIpc) is 3.39. The molecule has 0 aliphatic heterocycles. The first-order valence-electron chi connectivity index (χ1n) is 26.6. The van der Waals surface area contributed by atoms with Gasteiger partial charge in [0, 0.05) is 10.8 Å². The highest BCUT2D eigenvalue weighted by Gasteiger charge is 2.51. The number of fused-ring (bicyclic) bond motifs is 2. The van der Waals surface area contributed by atoms with Crippen LogP contribution in [0.15, 0.2) is 194 Å². The molecule has 0 unspecified atom stereocenters. The van der Waals surface area contributed by atoms with E-state index in [1.165, 1.54) is 156 Å². The molecule has 0 aromatic heterocycles. The molecule has 10 aromatic carbocycles. The van der Waals surface area contributed by atoms with Crippen molar-refractivity contribution < 1.29 is 0 Å². The summed E-state index contributed by atoms with van der Waals surface area (Å²) in [6, 6.07) is 73.3. The molecule has 0 fully saturated rings. The Kier molecular flexibility index (Phi) is 12.2. The highest BCUT2D eigenvalue weighted by Crippen LogP contribution is 2.66. The predicted octanol–water partition coefficient (Wildman–Crippen LogP) is 20.5. The summed E-state index contributed by atoms with van der Waals surface area (Å²) in [4.78, 5) is 0. The first kappa shape index (κ1) is 48.5. The van der Waals surface area contributed by atoms with Gasteiger partial charge in [-0.15, -0.1) is 0 Å². The third-order valence-electron chi connectivity index (χ3n) is 16.8. The molecule has 0 heterocycles. The van der Waals surface area contributed by atoms with Crippen LogP contribution >= 0.6 is 0 Å². The van der Waals surface area contributed by atoms with Crippen molar-refractivity contribution in [2.75, 3.05) is 0 Å². The predicted molar refractivity (Wildman–Crippen MR) is 319 cm³/mol. The van der Waals surface area contributed by atoms with Crippen LogP contribution in [0.3, 0.4) is 0 Å². The summed E-state index contributed by atoms with van der Waals surface area (Å²) in [5, 5.41) is 0. The fourth-order valence-electron chi connectivity index (χ4n) is 13.2. The second-order valence-corrected chi connectivity index (χ2v) is 22.3. The molecule has 0 amide bonds. The van der Waals surface area contributed by atoms with Crippen molar-refractivity contribution in [1.29, 1.82) is 0 Å². The van der Waals surface area contributed by atoms with Gasteiger partial charge < -0.3 is 0 Å². The first-order chi connectivity index (χ1) is 35.6. The summed E-state index contributed by atoms with van der Waals surface area (Å²) in [7, 11) is 0. The average molecular weight is 957 g/mol. The van der Waals surface area contributed by atoms with Gasteiger partial charge in [-0.2, -0.15) is 0 Å². The molecule has 0 saturated carbocycles. The third-order valence-corrected chi connectivity index (χ3v) is 16.8. The lowest BCUT2D eigenvalue weighted by Crippen LogP contribution is -2.40. The van der Waals surface area contributed by atoms with E-state index in [1.54, 1.807) is 0 Å². The largest absolute Gasteiger partial charge is 0.0620 e. The SMILES string of the molecule is Cc1ccccc1-c1c(-c2ccccc2C)c(-c2ccccc2C)c2c(c1-c1ccccc1C)C(C)(C)c1c(-c3ccccc3C)c(-c3ccccc3C)c(-c3ccccc3C)c(-c3ccccc3C)c1C2(C)C. The molecule has 0 atom stereocenters. The summed E-state index contributed by atoms with van der Waals surface area (Å²) in [5.41, 5.74) is 35.0. The van der Waals surface area contributed by atoms with Gasteiger partial charge in [0.05, 0.1) is 0 Å². The maximum absolute atomic E-state index is 2.58. The normalized spacial score (nSPS) is 13.4. The number of hydrogen-bond donors (Lipinski definition) is 0. The Labute approximate surface area is 441 Å². The number of benzene rings is 10. The Bertz CT molecular complexity index is 3360. The van der Waals surface area contributed by atoms with E-state index in [0.717, 1.165) is 0 Å². The molecule has 11 rings (SSSR count). The zero-order valence-corrected chi connectivity index (χ0v) is 45.5. The van der Waals surface area contributed by atoms with E-state index in [4.69, 9.17) is 0 Å². The zero-order valence-electron chi connectivity index (χ0n) is 45.5. The van der Waals surface area contributed by atoms with Crippen LogP contribution in [-0.2, 0) is 10.8 Å². The second kappa shape index (κ2) is 18.6. The van der Waals surface area contributed by atoms with E-state index in [0.29, 0.717) is 0 Å². The van der Waals surface area contributed by atoms with Crippen LogP contribution in [0.5, 0.6) is 0 Å². The quantitative estimate of drug-likeness (QED) is 0.142. The minimum atomic E-state index is -0.603. The Balaban J connectivity index is 1.53. The minimum Gasteiger partial charge on any atom is -0.0620 e. The van der Waals surface area contributed by atoms with E-state index in [-0.39, 0.29) is 0 Å². The molecule has 364 valence electrons. The minimum absolute atomic E-state index is 0.603. The van der Waals surface area contributed by atoms with Crippen LogP contribution in [0.4, 0.5) is 0 Å². The van der Waals surface area contributed by atoms with Crippen LogP contribution < -0.4 is 0 Å². The van der Waals surface area contributed by atoms with E-state index in [1.807, 2.05) is 0 Å². The van der Waals surface area contributed by atoms with Crippen LogP contribution in [0.1, 0.15) is 94.5 Å². The Morgan fingerprint density at radius 3 is 0.432 bits per heavy atom. The maximum atomic E-state index is 2.58. The Hall–Kier alpha value is -7.80. The fraction of sp³-hybridized carbons (Fsp3) is 0.189. The van der Waals surface area contributed by atoms with Crippen molar-refractivity contribution in [3.63, 3.8) is 0 Å². The van der Waals surface area contributed by atoms with Crippen LogP contribution in [-0.4, -0.2) is 0 Å². The molecule has 74 heavy (non-hydrogen) atoms. The van der Waals surface area contributed by atoms with Crippen molar-refractivity contribution in [2.45, 2.75) is 93.9 Å². The molecule has 0 bridgehead atoms. The maximum Gasteiger partial charge on any atom is 0.0165 e. The molecular formula is C74H68. The monoisotopic (exact) mass is 957 g/mol. The van der Waals surface area contributed by atoms with Crippen LogP contribution in [0.25, 0.3) is 89.0 Å². The van der Waals surface area contributed by atoms with Crippen molar-refractivity contribution in [2.24, 2.45) is 0 Å². The van der Waals surface area contributed by atoms with Gasteiger partial charge in [-0.05, 0) is 211 Å². The molecule has 0 radical (unpaired) electrons. The van der Waals surface area contributed by atoms with Gasteiger partial charge in [0.1, 0.15) is 0 Å². The molecule has 0 N–H and O–H groups in total. The van der Waals surface area contributed by atoms with Crippen molar-refractivity contribution >= 4 is 0 Å². The summed E-state index contributed by atoms with van der Waals surface area (Å²) in [5.74, 6) is 0. The molecule has 0 saturated heterocycles. The smallest absolute Gasteiger partial charge is 0.0165 e. The van der Waals surface area contributed by atoms with Gasteiger partial charge in [0.25, 0.3) is 0 Å². The van der Waals surface area contributed by atoms with Gasteiger partial charge in [-0.3, -0.25) is 0 Å². The lowest BCUT2D eigenvalue weighted by molar-refractivity contribution is 0.526. The number of hydrogen-bond acceptors (Lipinski definition) is 0. The van der Waals surface area contributed by atoms with Gasteiger partial charge in [0.15, 0.2) is 0 Å². The Morgan fingerprint density at radius 1 is 0.176 bits per heavy atom. The first-order valence-corrected chi connectivity index (χ1v) is 26.6. The molecule has 1 aliphatic carbocycles. The third kappa shape index (κ3) is 7.56. The lowest BCUT2D eigenvalue weighted by atomic mass is 9.52. The molecule has 0 spiro atoms. The summed E-state index contributed by atoms with van der Waals surface area (Å²) in [6.07, 6.45) is 0. The summed E-state index contributed by atoms with van der Waals surface area (Å²) in [6.45, 7) is 28.8. The number of rotatable bonds is 8.